The number of likely N-dealkylation sites (tertiary alicyclic amines) is 1. The van der Waals surface area contributed by atoms with E-state index in [1.165, 1.54) is 5.56 Å². The highest BCUT2D eigenvalue weighted by molar-refractivity contribution is 5.76. The first kappa shape index (κ1) is 16.7. The summed E-state index contributed by atoms with van der Waals surface area (Å²) in [5.41, 5.74) is 2.31. The van der Waals surface area contributed by atoms with E-state index in [1.807, 2.05) is 29.2 Å². The zero-order valence-corrected chi connectivity index (χ0v) is 14.0. The van der Waals surface area contributed by atoms with Crippen molar-refractivity contribution in [3.63, 3.8) is 0 Å². The van der Waals surface area contributed by atoms with Crippen LogP contribution in [0, 0.1) is 0 Å². The number of carbonyl (C=O) groups excluding carboxylic acids is 1. The Kier molecular flexibility index (Phi) is 6.01. The van der Waals surface area contributed by atoms with Crippen molar-refractivity contribution in [2.24, 2.45) is 0 Å². The molecule has 2 aromatic rings. The first-order valence-electron chi connectivity index (χ1n) is 8.71. The van der Waals surface area contributed by atoms with Crippen molar-refractivity contribution in [1.29, 1.82) is 0 Å². The summed E-state index contributed by atoms with van der Waals surface area (Å²) in [6, 6.07) is 12.1. The first-order chi connectivity index (χ1) is 11.8. The van der Waals surface area contributed by atoms with Gasteiger partial charge in [0.1, 0.15) is 0 Å². The predicted molar refractivity (Wildman–Crippen MR) is 92.5 cm³/mol. The molecule has 1 unspecified atom stereocenters. The fraction of sp³-hybridized carbons (Fsp3) is 0.474. The van der Waals surface area contributed by atoms with Gasteiger partial charge in [-0.05, 0) is 30.9 Å². The van der Waals surface area contributed by atoms with Crippen LogP contribution in [0.5, 0.6) is 0 Å². The number of carbonyl (C=O) groups is 1. The standard InChI is InChI=1S/C19H25N3O2/c23-19(9-5-13-24-15-16-6-2-1-3-7-16)22-12-4-8-17(14-22)18-10-11-20-21-18/h1-3,6-7,10-11,17H,4-5,8-9,12-15H2,(H,20,21). The van der Waals surface area contributed by atoms with Gasteiger partial charge in [-0.15, -0.1) is 0 Å². The maximum absolute atomic E-state index is 12.4. The fourth-order valence-electron chi connectivity index (χ4n) is 3.20. The van der Waals surface area contributed by atoms with E-state index in [2.05, 4.69) is 22.3 Å². The Labute approximate surface area is 143 Å². The summed E-state index contributed by atoms with van der Waals surface area (Å²) in [7, 11) is 0. The van der Waals surface area contributed by atoms with Crippen LogP contribution >= 0.6 is 0 Å². The second kappa shape index (κ2) is 8.64. The van der Waals surface area contributed by atoms with Gasteiger partial charge in [-0.3, -0.25) is 9.89 Å². The Hall–Kier alpha value is -2.14. The number of benzene rings is 1. The highest BCUT2D eigenvalue weighted by atomic mass is 16.5. The van der Waals surface area contributed by atoms with E-state index in [1.54, 1.807) is 6.20 Å². The molecule has 1 saturated heterocycles. The van der Waals surface area contributed by atoms with Gasteiger partial charge in [-0.2, -0.15) is 5.10 Å². The van der Waals surface area contributed by atoms with E-state index in [0.717, 1.165) is 38.0 Å². The van der Waals surface area contributed by atoms with Crippen LogP contribution in [0.15, 0.2) is 42.6 Å². The Morgan fingerprint density at radius 2 is 2.17 bits per heavy atom. The minimum atomic E-state index is 0.238. The lowest BCUT2D eigenvalue weighted by molar-refractivity contribution is -0.132. The molecule has 0 radical (unpaired) electrons. The van der Waals surface area contributed by atoms with Crippen LogP contribution in [0.1, 0.15) is 42.9 Å². The van der Waals surface area contributed by atoms with Gasteiger partial charge >= 0.3 is 0 Å². The van der Waals surface area contributed by atoms with Crippen LogP contribution in [0.3, 0.4) is 0 Å². The van der Waals surface area contributed by atoms with Crippen LogP contribution < -0.4 is 0 Å². The Morgan fingerprint density at radius 1 is 1.29 bits per heavy atom. The topological polar surface area (TPSA) is 58.2 Å². The number of hydrogen-bond donors (Lipinski definition) is 1. The van der Waals surface area contributed by atoms with Crippen molar-refractivity contribution in [2.75, 3.05) is 19.7 Å². The van der Waals surface area contributed by atoms with Gasteiger partial charge in [0.15, 0.2) is 0 Å². The number of amides is 1. The molecule has 0 aliphatic carbocycles. The average molecular weight is 327 g/mol. The van der Waals surface area contributed by atoms with Crippen molar-refractivity contribution >= 4 is 5.91 Å². The number of hydrogen-bond acceptors (Lipinski definition) is 3. The fourth-order valence-corrected chi connectivity index (χ4v) is 3.20. The zero-order valence-electron chi connectivity index (χ0n) is 14.0. The van der Waals surface area contributed by atoms with Crippen LogP contribution in [-0.2, 0) is 16.1 Å². The Morgan fingerprint density at radius 3 is 2.96 bits per heavy atom. The summed E-state index contributed by atoms with van der Waals surface area (Å²) in [5.74, 6) is 0.627. The molecule has 1 atom stereocenters. The van der Waals surface area contributed by atoms with Gasteiger partial charge in [0.05, 0.1) is 6.61 Å². The second-order valence-electron chi connectivity index (χ2n) is 6.33. The van der Waals surface area contributed by atoms with Gasteiger partial charge in [0, 0.05) is 43.9 Å². The SMILES string of the molecule is O=C(CCCOCc1ccccc1)N1CCCC(c2ccn[nH]2)C1. The number of H-pyrrole nitrogens is 1. The Balaban J connectivity index is 1.36. The van der Waals surface area contributed by atoms with Gasteiger partial charge in [0.25, 0.3) is 0 Å². The van der Waals surface area contributed by atoms with Crippen molar-refractivity contribution in [1.82, 2.24) is 15.1 Å². The van der Waals surface area contributed by atoms with Crippen molar-refractivity contribution < 1.29 is 9.53 Å². The predicted octanol–water partition coefficient (Wildman–Crippen LogP) is 3.11. The third-order valence-electron chi connectivity index (χ3n) is 4.53. The van der Waals surface area contributed by atoms with Gasteiger partial charge in [-0.1, -0.05) is 30.3 Å². The van der Waals surface area contributed by atoms with E-state index in [4.69, 9.17) is 4.74 Å². The maximum atomic E-state index is 12.4. The highest BCUT2D eigenvalue weighted by Crippen LogP contribution is 2.25. The van der Waals surface area contributed by atoms with E-state index in [-0.39, 0.29) is 5.91 Å². The highest BCUT2D eigenvalue weighted by Gasteiger charge is 2.25. The lowest BCUT2D eigenvalue weighted by Gasteiger charge is -2.32. The number of ether oxygens (including phenoxy) is 1. The van der Waals surface area contributed by atoms with Crippen LogP contribution in [0.4, 0.5) is 0 Å². The smallest absolute Gasteiger partial charge is 0.222 e. The summed E-state index contributed by atoms with van der Waals surface area (Å²) < 4.78 is 5.65. The molecule has 1 aliphatic rings. The second-order valence-corrected chi connectivity index (χ2v) is 6.33. The van der Waals surface area contributed by atoms with Crippen LogP contribution in [-0.4, -0.2) is 40.7 Å². The molecule has 0 spiro atoms. The molecule has 1 aliphatic heterocycles. The van der Waals surface area contributed by atoms with Crippen molar-refractivity contribution in [2.45, 2.75) is 38.2 Å². The number of aromatic nitrogens is 2. The average Bonchev–Trinajstić information content (AvgIpc) is 3.17. The summed E-state index contributed by atoms with van der Waals surface area (Å²) in [6.45, 7) is 2.90. The van der Waals surface area contributed by atoms with Crippen LogP contribution in [0.2, 0.25) is 0 Å². The number of nitrogens with zero attached hydrogens (tertiary/aromatic N) is 2. The molecule has 5 nitrogen and oxygen atoms in total. The molecule has 1 amide bonds. The van der Waals surface area contributed by atoms with Gasteiger partial charge in [-0.25, -0.2) is 0 Å². The molecule has 1 fully saturated rings. The molecule has 24 heavy (non-hydrogen) atoms. The van der Waals surface area contributed by atoms with Crippen molar-refractivity contribution in [3.8, 4) is 0 Å². The van der Waals surface area contributed by atoms with Crippen molar-refractivity contribution in [3.05, 3.63) is 53.9 Å². The quantitative estimate of drug-likeness (QED) is 0.795. The lowest BCUT2D eigenvalue weighted by Crippen LogP contribution is -2.39. The lowest BCUT2D eigenvalue weighted by atomic mass is 9.94. The van der Waals surface area contributed by atoms with E-state index in [0.29, 0.717) is 25.6 Å². The van der Waals surface area contributed by atoms with E-state index < -0.39 is 0 Å². The number of aromatic amines is 1. The molecule has 2 heterocycles. The summed E-state index contributed by atoms with van der Waals surface area (Å²) in [6.07, 6.45) is 5.29. The molecule has 3 rings (SSSR count). The molecular formula is C19H25N3O2. The maximum Gasteiger partial charge on any atom is 0.222 e. The van der Waals surface area contributed by atoms with E-state index >= 15 is 0 Å². The molecule has 5 heteroatoms. The van der Waals surface area contributed by atoms with Crippen LogP contribution in [0.25, 0.3) is 0 Å². The minimum Gasteiger partial charge on any atom is -0.377 e. The minimum absolute atomic E-state index is 0.238. The zero-order chi connectivity index (χ0) is 16.6. The summed E-state index contributed by atoms with van der Waals surface area (Å²) in [5, 5.41) is 7.05. The molecule has 1 aromatic carbocycles. The first-order valence-corrected chi connectivity index (χ1v) is 8.71. The molecule has 1 aromatic heterocycles. The number of piperidine rings is 1. The molecule has 128 valence electrons. The normalized spacial score (nSPS) is 17.8. The molecule has 0 bridgehead atoms. The monoisotopic (exact) mass is 327 g/mol. The third kappa shape index (κ3) is 4.68. The summed E-state index contributed by atoms with van der Waals surface area (Å²) >= 11 is 0. The largest absolute Gasteiger partial charge is 0.377 e. The van der Waals surface area contributed by atoms with Gasteiger partial charge < -0.3 is 9.64 Å². The molecular weight excluding hydrogens is 302 g/mol. The number of nitrogens with one attached hydrogen (secondary N) is 1. The summed E-state index contributed by atoms with van der Waals surface area (Å²) in [4.78, 5) is 14.4. The number of rotatable bonds is 7. The third-order valence-corrected chi connectivity index (χ3v) is 4.53. The van der Waals surface area contributed by atoms with Gasteiger partial charge in [0.2, 0.25) is 5.91 Å². The Bertz CT molecular complexity index is 613. The van der Waals surface area contributed by atoms with E-state index in [9.17, 15) is 4.79 Å². The molecule has 0 saturated carbocycles. The molecule has 1 N–H and O–H groups in total.